The summed E-state index contributed by atoms with van der Waals surface area (Å²) in [6.07, 6.45) is 6.95. The van der Waals surface area contributed by atoms with Crippen molar-refractivity contribution < 1.29 is 9.59 Å². The molecule has 0 spiro atoms. The number of allylic oxidation sites excluding steroid dienone is 4. The first kappa shape index (κ1) is 20.3. The summed E-state index contributed by atoms with van der Waals surface area (Å²) in [7, 11) is 1.65. The van der Waals surface area contributed by atoms with Gasteiger partial charge < -0.3 is 27.0 Å². The Morgan fingerprint density at radius 1 is 1.29 bits per heavy atom. The van der Waals surface area contributed by atoms with Crippen LogP contribution in [0.2, 0.25) is 0 Å². The first-order valence-electron chi connectivity index (χ1n) is 10.0. The third-order valence-corrected chi connectivity index (χ3v) is 5.65. The van der Waals surface area contributed by atoms with Gasteiger partial charge in [0.25, 0.3) is 5.91 Å². The van der Waals surface area contributed by atoms with Crippen molar-refractivity contribution in [2.75, 3.05) is 13.6 Å². The third-order valence-electron chi connectivity index (χ3n) is 5.65. The summed E-state index contributed by atoms with van der Waals surface area (Å²) < 4.78 is 0. The highest BCUT2D eigenvalue weighted by Gasteiger charge is 2.32. The van der Waals surface area contributed by atoms with Crippen molar-refractivity contribution in [3.05, 3.63) is 34.4 Å². The molecule has 0 bridgehead atoms. The van der Waals surface area contributed by atoms with Crippen LogP contribution in [0.15, 0.2) is 34.4 Å². The molecule has 0 aromatic rings. The molecule has 1 fully saturated rings. The maximum Gasteiger partial charge on any atom is 0.268 e. The summed E-state index contributed by atoms with van der Waals surface area (Å²) in [6.45, 7) is 4.68. The van der Waals surface area contributed by atoms with Crippen LogP contribution in [0.3, 0.4) is 0 Å². The maximum atomic E-state index is 12.2. The maximum absolute atomic E-state index is 12.2. The fourth-order valence-electron chi connectivity index (χ4n) is 3.59. The van der Waals surface area contributed by atoms with Gasteiger partial charge in [0.2, 0.25) is 5.91 Å². The lowest BCUT2D eigenvalue weighted by atomic mass is 9.98. The van der Waals surface area contributed by atoms with E-state index in [0.29, 0.717) is 24.0 Å². The zero-order valence-corrected chi connectivity index (χ0v) is 16.9. The molecule has 2 atom stereocenters. The molecule has 1 unspecified atom stereocenters. The van der Waals surface area contributed by atoms with Gasteiger partial charge in [0.1, 0.15) is 11.5 Å². The van der Waals surface area contributed by atoms with E-state index in [9.17, 15) is 9.59 Å². The number of primary amides is 1. The number of rotatable bonds is 8. The van der Waals surface area contributed by atoms with Gasteiger partial charge in [-0.05, 0) is 45.1 Å². The molecular weight excluding hydrogens is 356 g/mol. The predicted octanol–water partition coefficient (Wildman–Crippen LogP) is 0.268. The smallest absolute Gasteiger partial charge is 0.268 e. The first-order valence-corrected chi connectivity index (χ1v) is 10.0. The van der Waals surface area contributed by atoms with Crippen LogP contribution in [0, 0.1) is 5.92 Å². The zero-order chi connectivity index (χ0) is 20.3. The van der Waals surface area contributed by atoms with E-state index in [1.165, 1.54) is 24.0 Å². The molecule has 8 heteroatoms. The molecule has 3 rings (SSSR count). The molecule has 7 N–H and O–H groups in total. The third kappa shape index (κ3) is 5.07. The van der Waals surface area contributed by atoms with Gasteiger partial charge in [0.15, 0.2) is 0 Å². The fraction of sp³-hybridized carbons (Fsp3) is 0.600. The standard InChI is InChI=1S/C20H32N6O2/c1-11-4-7-14(8-12(11)2)24-19-17(18(21)27)23-10-16(26-19)25-15(20(28)22-3)9-13-5-6-13/h8,13,15-16,23-26H,4-7,9-10H2,1-3H3,(H2,21,27)(H,22,28)/t15-,16?/m1/s1. The van der Waals surface area contributed by atoms with Crippen LogP contribution in [0.25, 0.3) is 0 Å². The van der Waals surface area contributed by atoms with Crippen molar-refractivity contribution in [1.29, 1.82) is 0 Å². The Balaban J connectivity index is 1.71. The lowest BCUT2D eigenvalue weighted by Gasteiger charge is -2.33. The highest BCUT2D eigenvalue weighted by molar-refractivity contribution is 5.92. The molecule has 0 radical (unpaired) electrons. The number of nitrogens with one attached hydrogen (secondary N) is 5. The zero-order valence-electron chi connectivity index (χ0n) is 16.9. The minimum absolute atomic E-state index is 0.0147. The molecular formula is C20H32N6O2. The van der Waals surface area contributed by atoms with E-state index in [1.54, 1.807) is 7.05 Å². The largest absolute Gasteiger partial charge is 0.374 e. The summed E-state index contributed by atoms with van der Waals surface area (Å²) in [4.78, 5) is 24.1. The number of hydrogen-bond donors (Lipinski definition) is 6. The van der Waals surface area contributed by atoms with Gasteiger partial charge in [-0.25, -0.2) is 0 Å². The molecule has 154 valence electrons. The Hall–Kier alpha value is -2.48. The molecule has 2 amide bonds. The summed E-state index contributed by atoms with van der Waals surface area (Å²) in [5, 5.41) is 15.9. The monoisotopic (exact) mass is 388 g/mol. The quantitative estimate of drug-likeness (QED) is 0.355. The lowest BCUT2D eigenvalue weighted by Crippen LogP contribution is -2.60. The van der Waals surface area contributed by atoms with Crippen molar-refractivity contribution in [3.8, 4) is 0 Å². The van der Waals surface area contributed by atoms with Crippen LogP contribution in [-0.2, 0) is 9.59 Å². The Bertz CT molecular complexity index is 735. The summed E-state index contributed by atoms with van der Waals surface area (Å²) in [5.74, 6) is 0.635. The topological polar surface area (TPSA) is 120 Å². The molecule has 2 aliphatic carbocycles. The summed E-state index contributed by atoms with van der Waals surface area (Å²) in [6, 6.07) is -0.269. The van der Waals surface area contributed by atoms with E-state index in [2.05, 4.69) is 46.5 Å². The summed E-state index contributed by atoms with van der Waals surface area (Å²) in [5.41, 5.74) is 9.53. The van der Waals surface area contributed by atoms with E-state index in [4.69, 9.17) is 5.73 Å². The van der Waals surface area contributed by atoms with Crippen LogP contribution >= 0.6 is 0 Å². The Morgan fingerprint density at radius 2 is 2.04 bits per heavy atom. The SMILES string of the molecule is CNC(=O)[C@@H](CC1CC1)NC1CNC(C(N)=O)=C(NC2=CC(C)=C(C)CC2)N1. The number of carbonyl (C=O) groups excluding carboxylic acids is 2. The van der Waals surface area contributed by atoms with E-state index in [-0.39, 0.29) is 18.1 Å². The molecule has 0 aromatic carbocycles. The Kier molecular flexibility index (Phi) is 6.28. The second kappa shape index (κ2) is 8.68. The number of nitrogens with two attached hydrogens (primary N) is 1. The second-order valence-electron chi connectivity index (χ2n) is 7.96. The van der Waals surface area contributed by atoms with Crippen molar-refractivity contribution in [1.82, 2.24) is 26.6 Å². The Morgan fingerprint density at radius 3 is 2.64 bits per heavy atom. The first-order chi connectivity index (χ1) is 13.4. The molecule has 8 nitrogen and oxygen atoms in total. The van der Waals surface area contributed by atoms with Crippen molar-refractivity contribution in [3.63, 3.8) is 0 Å². The normalized spacial score (nSPS) is 23.4. The van der Waals surface area contributed by atoms with E-state index >= 15 is 0 Å². The number of likely N-dealkylation sites (N-methyl/N-ethyl adjacent to an activating group) is 1. The van der Waals surface area contributed by atoms with Gasteiger partial charge in [-0.1, -0.05) is 24.0 Å². The molecule has 3 aliphatic rings. The predicted molar refractivity (Wildman–Crippen MR) is 108 cm³/mol. The molecule has 0 saturated heterocycles. The van der Waals surface area contributed by atoms with E-state index in [0.717, 1.165) is 25.0 Å². The van der Waals surface area contributed by atoms with E-state index in [1.807, 2.05) is 0 Å². The molecule has 28 heavy (non-hydrogen) atoms. The molecule has 1 aliphatic heterocycles. The van der Waals surface area contributed by atoms with Gasteiger partial charge in [0, 0.05) is 19.3 Å². The minimum Gasteiger partial charge on any atom is -0.374 e. The average Bonchev–Trinajstić information content (AvgIpc) is 3.47. The summed E-state index contributed by atoms with van der Waals surface area (Å²) >= 11 is 0. The van der Waals surface area contributed by atoms with Gasteiger partial charge in [-0.3, -0.25) is 14.9 Å². The van der Waals surface area contributed by atoms with Gasteiger partial charge in [-0.2, -0.15) is 0 Å². The lowest BCUT2D eigenvalue weighted by molar-refractivity contribution is -0.123. The van der Waals surface area contributed by atoms with E-state index < -0.39 is 5.91 Å². The number of carbonyl (C=O) groups is 2. The molecule has 1 saturated carbocycles. The van der Waals surface area contributed by atoms with Crippen LogP contribution in [0.1, 0.15) is 46.0 Å². The number of hydrogen-bond acceptors (Lipinski definition) is 6. The molecule has 1 heterocycles. The number of amides is 2. The van der Waals surface area contributed by atoms with Crippen molar-refractivity contribution in [2.45, 2.75) is 58.2 Å². The second-order valence-corrected chi connectivity index (χ2v) is 7.96. The fourth-order valence-corrected chi connectivity index (χ4v) is 3.59. The van der Waals surface area contributed by atoms with Gasteiger partial charge >= 0.3 is 0 Å². The van der Waals surface area contributed by atoms with Crippen molar-refractivity contribution >= 4 is 11.8 Å². The van der Waals surface area contributed by atoms with Gasteiger partial charge in [0.05, 0.1) is 12.2 Å². The van der Waals surface area contributed by atoms with Crippen LogP contribution in [0.4, 0.5) is 0 Å². The minimum atomic E-state index is -0.519. The molecule has 0 aromatic heterocycles. The Labute approximate surface area is 166 Å². The van der Waals surface area contributed by atoms with Crippen LogP contribution in [0.5, 0.6) is 0 Å². The van der Waals surface area contributed by atoms with Crippen LogP contribution in [-0.4, -0.2) is 37.6 Å². The van der Waals surface area contributed by atoms with Crippen molar-refractivity contribution in [2.24, 2.45) is 11.7 Å². The highest BCUT2D eigenvalue weighted by atomic mass is 16.2. The van der Waals surface area contributed by atoms with Gasteiger partial charge in [-0.15, -0.1) is 0 Å². The highest BCUT2D eigenvalue weighted by Crippen LogP contribution is 2.33. The van der Waals surface area contributed by atoms with Crippen LogP contribution < -0.4 is 32.3 Å². The average molecular weight is 389 g/mol.